The van der Waals surface area contributed by atoms with Gasteiger partial charge in [0.05, 0.1) is 27.0 Å². The molecule has 0 saturated heterocycles. The van der Waals surface area contributed by atoms with Crippen molar-refractivity contribution in [1.82, 2.24) is 19.7 Å². The average molecular weight is 421 g/mol. The lowest BCUT2D eigenvalue weighted by molar-refractivity contribution is 0.629. The van der Waals surface area contributed by atoms with E-state index >= 15 is 0 Å². The number of rotatable bonds is 3. The van der Waals surface area contributed by atoms with Crippen molar-refractivity contribution in [1.29, 1.82) is 0 Å². The van der Waals surface area contributed by atoms with Crippen LogP contribution >= 0.6 is 23.2 Å². The zero-order valence-corrected chi connectivity index (χ0v) is 16.2. The van der Waals surface area contributed by atoms with Crippen LogP contribution in [0, 0.1) is 5.82 Å². The molecule has 0 aliphatic carbocycles. The molecule has 0 radical (unpaired) electrons. The summed E-state index contributed by atoms with van der Waals surface area (Å²) in [6.07, 6.45) is 4.37. The number of hydrogen-bond acceptors (Lipinski definition) is 4. The number of aromatic nitrogens is 4. The van der Waals surface area contributed by atoms with Crippen LogP contribution in [0.5, 0.6) is 0 Å². The largest absolute Gasteiger partial charge is 0.253 e. The topological polar surface area (TPSA) is 60.7 Å². The summed E-state index contributed by atoms with van der Waals surface area (Å²) in [7, 11) is -1.45. The second-order valence-corrected chi connectivity index (χ2v) is 7.86. The fourth-order valence-electron chi connectivity index (χ4n) is 2.90. The highest BCUT2D eigenvalue weighted by atomic mass is 35.5. The summed E-state index contributed by atoms with van der Waals surface area (Å²) in [5.74, 6) is -0.427. The number of halogens is 3. The van der Waals surface area contributed by atoms with Crippen LogP contribution < -0.4 is 0 Å². The quantitative estimate of drug-likeness (QED) is 0.483. The maximum atomic E-state index is 14.0. The van der Waals surface area contributed by atoms with Crippen LogP contribution in [-0.4, -0.2) is 30.2 Å². The average Bonchev–Trinajstić information content (AvgIpc) is 3.14. The van der Waals surface area contributed by atoms with Gasteiger partial charge >= 0.3 is 0 Å². The molecule has 0 amide bonds. The van der Waals surface area contributed by atoms with E-state index in [4.69, 9.17) is 23.2 Å². The van der Waals surface area contributed by atoms with Crippen LogP contribution in [0.15, 0.2) is 54.1 Å². The molecule has 4 aromatic rings. The molecule has 2 aromatic heterocycles. The first-order chi connectivity index (χ1) is 13.0. The minimum Gasteiger partial charge on any atom is -0.253 e. The first-order valence-electron chi connectivity index (χ1n) is 7.73. The van der Waals surface area contributed by atoms with Crippen molar-refractivity contribution in [2.45, 2.75) is 5.03 Å². The third-order valence-electron chi connectivity index (χ3n) is 4.01. The highest BCUT2D eigenvalue weighted by Gasteiger charge is 2.23. The fourth-order valence-corrected chi connectivity index (χ4v) is 4.13. The van der Waals surface area contributed by atoms with Crippen molar-refractivity contribution in [3.8, 4) is 16.8 Å². The van der Waals surface area contributed by atoms with Gasteiger partial charge in [-0.1, -0.05) is 29.3 Å². The lowest BCUT2D eigenvalue weighted by atomic mass is 10.0. The van der Waals surface area contributed by atoms with Gasteiger partial charge in [-0.2, -0.15) is 5.10 Å². The van der Waals surface area contributed by atoms with Gasteiger partial charge in [-0.15, -0.1) is 0 Å². The summed E-state index contributed by atoms with van der Waals surface area (Å²) < 4.78 is 28.0. The third kappa shape index (κ3) is 3.22. The van der Waals surface area contributed by atoms with Gasteiger partial charge in [-0.05, 0) is 30.3 Å². The fraction of sp³-hybridized carbons (Fsp3) is 0.0556. The lowest BCUT2D eigenvalue weighted by Crippen LogP contribution is -2.06. The first kappa shape index (κ1) is 18.0. The Bertz CT molecular complexity index is 1200. The van der Waals surface area contributed by atoms with Gasteiger partial charge in [0.15, 0.2) is 0 Å². The molecule has 0 aliphatic rings. The van der Waals surface area contributed by atoms with E-state index in [1.165, 1.54) is 41.8 Å². The predicted octanol–water partition coefficient (Wildman–Crippen LogP) is 4.67. The van der Waals surface area contributed by atoms with Crippen molar-refractivity contribution in [3.05, 3.63) is 64.9 Å². The minimum absolute atomic E-state index is 0.309. The van der Waals surface area contributed by atoms with E-state index in [-0.39, 0.29) is 0 Å². The van der Waals surface area contributed by atoms with Crippen LogP contribution in [0.1, 0.15) is 0 Å². The van der Waals surface area contributed by atoms with Gasteiger partial charge in [0.2, 0.25) is 0 Å². The van der Waals surface area contributed by atoms with Crippen LogP contribution in [0.3, 0.4) is 0 Å². The zero-order valence-electron chi connectivity index (χ0n) is 13.9. The van der Waals surface area contributed by atoms with E-state index in [0.29, 0.717) is 42.8 Å². The van der Waals surface area contributed by atoms with Gasteiger partial charge in [0.1, 0.15) is 23.5 Å². The summed E-state index contributed by atoms with van der Waals surface area (Å²) in [6.45, 7) is 0. The molecule has 5 nitrogen and oxygen atoms in total. The van der Waals surface area contributed by atoms with Crippen molar-refractivity contribution in [2.75, 3.05) is 6.26 Å². The Morgan fingerprint density at radius 2 is 1.96 bits per heavy atom. The molecule has 0 spiro atoms. The van der Waals surface area contributed by atoms with E-state index in [1.807, 2.05) is 0 Å². The number of hydrogen-bond donors (Lipinski definition) is 0. The molecule has 2 aromatic carbocycles. The molecular weight excluding hydrogens is 410 g/mol. The summed E-state index contributed by atoms with van der Waals surface area (Å²) in [6, 6.07) is 9.17. The molecule has 0 fully saturated rings. The van der Waals surface area contributed by atoms with Gasteiger partial charge in [-0.25, -0.2) is 19.0 Å². The van der Waals surface area contributed by atoms with Gasteiger partial charge < -0.3 is 0 Å². The predicted molar refractivity (Wildman–Crippen MR) is 104 cm³/mol. The van der Waals surface area contributed by atoms with E-state index in [2.05, 4.69) is 15.1 Å². The van der Waals surface area contributed by atoms with E-state index < -0.39 is 16.6 Å². The van der Waals surface area contributed by atoms with Crippen LogP contribution in [0.25, 0.3) is 27.7 Å². The second kappa shape index (κ2) is 6.99. The highest BCUT2D eigenvalue weighted by molar-refractivity contribution is 7.84. The number of fused-ring (bicyclic) bond motifs is 1. The zero-order chi connectivity index (χ0) is 19.1. The monoisotopic (exact) mass is 420 g/mol. The van der Waals surface area contributed by atoms with Gasteiger partial charge in [-0.3, -0.25) is 4.21 Å². The number of benzene rings is 2. The summed E-state index contributed by atoms with van der Waals surface area (Å²) in [4.78, 5) is 8.49. The molecule has 9 heteroatoms. The molecule has 1 unspecified atom stereocenters. The van der Waals surface area contributed by atoms with Crippen LogP contribution in [0.4, 0.5) is 4.39 Å². The lowest BCUT2D eigenvalue weighted by Gasteiger charge is -2.17. The Balaban J connectivity index is 2.22. The standard InChI is InChI=1S/C18H11Cl2FN4OS/c1-27(26)18-16(12-4-2-10(19)6-14(12)20)17(25-9-22-8-23-25)13-7-11(21)3-5-15(13)24-18/h2-9H,1H3. The van der Waals surface area contributed by atoms with Crippen LogP contribution in [-0.2, 0) is 10.8 Å². The first-order valence-corrected chi connectivity index (χ1v) is 10.0. The highest BCUT2D eigenvalue weighted by Crippen LogP contribution is 2.40. The summed E-state index contributed by atoms with van der Waals surface area (Å²) in [5.41, 5.74) is 2.03. The minimum atomic E-state index is -1.45. The summed E-state index contributed by atoms with van der Waals surface area (Å²) >= 11 is 12.5. The van der Waals surface area contributed by atoms with E-state index in [9.17, 15) is 8.60 Å². The molecule has 0 bridgehead atoms. The SMILES string of the molecule is CS(=O)c1nc2ccc(F)cc2c(-n2cncn2)c1-c1ccc(Cl)cc1Cl. The molecule has 27 heavy (non-hydrogen) atoms. The maximum Gasteiger partial charge on any atom is 0.138 e. The molecule has 2 heterocycles. The second-order valence-electron chi connectivity index (χ2n) is 5.72. The Morgan fingerprint density at radius 1 is 1.15 bits per heavy atom. The third-order valence-corrected chi connectivity index (χ3v) is 5.39. The number of nitrogens with zero attached hydrogens (tertiary/aromatic N) is 4. The molecule has 136 valence electrons. The smallest absolute Gasteiger partial charge is 0.138 e. The Morgan fingerprint density at radius 3 is 2.63 bits per heavy atom. The number of pyridine rings is 1. The van der Waals surface area contributed by atoms with E-state index in [0.717, 1.165) is 0 Å². The molecule has 0 saturated carbocycles. The summed E-state index contributed by atoms with van der Waals surface area (Å²) in [5, 5.41) is 5.81. The normalized spacial score (nSPS) is 12.4. The molecule has 0 aliphatic heterocycles. The van der Waals surface area contributed by atoms with E-state index in [1.54, 1.807) is 18.2 Å². The molecule has 1 atom stereocenters. The Labute approximate surface area is 166 Å². The van der Waals surface area contributed by atoms with Crippen LogP contribution in [0.2, 0.25) is 10.0 Å². The Kier molecular flexibility index (Phi) is 4.67. The van der Waals surface area contributed by atoms with Gasteiger partial charge in [0, 0.05) is 27.8 Å². The molecule has 0 N–H and O–H groups in total. The van der Waals surface area contributed by atoms with Crippen molar-refractivity contribution in [3.63, 3.8) is 0 Å². The van der Waals surface area contributed by atoms with Crippen molar-refractivity contribution >= 4 is 44.9 Å². The maximum absolute atomic E-state index is 14.0. The Hall–Kier alpha value is -2.35. The van der Waals surface area contributed by atoms with Gasteiger partial charge in [0.25, 0.3) is 0 Å². The molecular formula is C18H11Cl2FN4OS. The van der Waals surface area contributed by atoms with Crippen molar-refractivity contribution < 1.29 is 8.60 Å². The molecule has 4 rings (SSSR count). The van der Waals surface area contributed by atoms with Crippen molar-refractivity contribution in [2.24, 2.45) is 0 Å².